The molecule has 0 atom stereocenters. The first-order valence-corrected chi connectivity index (χ1v) is 11.2. The van der Waals surface area contributed by atoms with Crippen molar-refractivity contribution in [3.05, 3.63) is 71.9 Å². The summed E-state index contributed by atoms with van der Waals surface area (Å²) in [5.41, 5.74) is 2.10. The molecule has 7 nitrogen and oxygen atoms in total. The second-order valence-corrected chi connectivity index (χ2v) is 8.59. The van der Waals surface area contributed by atoms with Gasteiger partial charge >= 0.3 is 12.2 Å². The minimum atomic E-state index is -0.736. The van der Waals surface area contributed by atoms with E-state index in [1.54, 1.807) is 20.8 Å². The molecule has 0 saturated carbocycles. The first-order chi connectivity index (χ1) is 16.3. The van der Waals surface area contributed by atoms with Crippen molar-refractivity contribution in [2.24, 2.45) is 0 Å². The Hall–Kier alpha value is -4.05. The van der Waals surface area contributed by atoms with E-state index in [0.29, 0.717) is 11.3 Å². The molecule has 176 valence electrons. The molecule has 0 aliphatic rings. The molecule has 2 aromatic carbocycles. The number of hydrogen-bond acceptors (Lipinski definition) is 5. The molecule has 1 N–H and O–H groups in total. The number of anilines is 1. The number of nitrogens with one attached hydrogen (secondary N) is 1. The van der Waals surface area contributed by atoms with Crippen LogP contribution in [-0.4, -0.2) is 33.9 Å². The summed E-state index contributed by atoms with van der Waals surface area (Å²) in [4.78, 5) is 29.5. The fourth-order valence-electron chi connectivity index (χ4n) is 2.99. The predicted molar refractivity (Wildman–Crippen MR) is 132 cm³/mol. The van der Waals surface area contributed by atoms with Crippen molar-refractivity contribution in [3.8, 4) is 23.1 Å². The second-order valence-electron chi connectivity index (χ2n) is 8.59. The van der Waals surface area contributed by atoms with Crippen LogP contribution in [-0.2, 0) is 9.47 Å². The molecule has 0 bridgehead atoms. The molecular formula is C27H29N3O4. The number of aromatic nitrogens is 2. The molecule has 0 aliphatic carbocycles. The maximum atomic E-state index is 13.1. The molecule has 1 heterocycles. The zero-order chi connectivity index (χ0) is 24.6. The third-order valence-corrected chi connectivity index (χ3v) is 4.57. The maximum Gasteiger partial charge on any atom is 0.421 e. The fraction of sp³-hybridized carbons (Fsp3) is 0.296. The third-order valence-electron chi connectivity index (χ3n) is 4.57. The van der Waals surface area contributed by atoms with E-state index in [4.69, 9.17) is 9.47 Å². The number of ether oxygens (including phenoxy) is 2. The van der Waals surface area contributed by atoms with Gasteiger partial charge in [-0.2, -0.15) is 0 Å². The Morgan fingerprint density at radius 3 is 2.44 bits per heavy atom. The number of amides is 1. The lowest BCUT2D eigenvalue weighted by Gasteiger charge is -2.21. The van der Waals surface area contributed by atoms with Gasteiger partial charge in [-0.15, -0.1) is 0 Å². The number of carbonyl (C=O) groups is 2. The van der Waals surface area contributed by atoms with Crippen molar-refractivity contribution in [1.82, 2.24) is 9.55 Å². The van der Waals surface area contributed by atoms with Crippen LogP contribution in [0.15, 0.2) is 60.8 Å². The van der Waals surface area contributed by atoms with E-state index < -0.39 is 17.8 Å². The Kier molecular flexibility index (Phi) is 8.10. The van der Waals surface area contributed by atoms with Crippen molar-refractivity contribution < 1.29 is 19.1 Å². The van der Waals surface area contributed by atoms with Crippen LogP contribution in [0.3, 0.4) is 0 Å². The van der Waals surface area contributed by atoms with E-state index in [9.17, 15) is 9.59 Å². The highest BCUT2D eigenvalue weighted by molar-refractivity contribution is 5.88. The average Bonchev–Trinajstić information content (AvgIpc) is 3.21. The molecular weight excluding hydrogens is 430 g/mol. The fourth-order valence-corrected chi connectivity index (χ4v) is 2.99. The first kappa shape index (κ1) is 24.6. The van der Waals surface area contributed by atoms with E-state index in [0.717, 1.165) is 24.0 Å². The molecule has 34 heavy (non-hydrogen) atoms. The molecule has 7 heteroatoms. The summed E-state index contributed by atoms with van der Waals surface area (Å²) in [5, 5.41) is 2.55. The molecule has 0 aliphatic heterocycles. The Morgan fingerprint density at radius 1 is 1.03 bits per heavy atom. The number of carbonyl (C=O) groups excluding carboxylic acids is 2. The predicted octanol–water partition coefficient (Wildman–Crippen LogP) is 6.08. The van der Waals surface area contributed by atoms with Gasteiger partial charge in [-0.1, -0.05) is 55.5 Å². The van der Waals surface area contributed by atoms with E-state index in [2.05, 4.69) is 22.1 Å². The standard InChI is InChI=1S/C27H29N3O4/c1-5-6-17-33-25(31)29-24-28-19-23(30(24)26(32)34-27(2,3)4)22-14-10-13-21(18-22)16-15-20-11-8-7-9-12-20/h7-14,18-19H,5-6,17H2,1-4H3,(H,28,29,31). The molecule has 1 amide bonds. The van der Waals surface area contributed by atoms with Crippen LogP contribution in [0.2, 0.25) is 0 Å². The third kappa shape index (κ3) is 6.97. The molecule has 3 rings (SSSR count). The van der Waals surface area contributed by atoms with E-state index >= 15 is 0 Å². The number of unbranched alkanes of at least 4 members (excludes halogenated alkanes) is 1. The summed E-state index contributed by atoms with van der Waals surface area (Å²) >= 11 is 0. The lowest BCUT2D eigenvalue weighted by molar-refractivity contribution is 0.0543. The summed E-state index contributed by atoms with van der Waals surface area (Å²) in [7, 11) is 0. The maximum absolute atomic E-state index is 13.1. The monoisotopic (exact) mass is 459 g/mol. The van der Waals surface area contributed by atoms with Crippen molar-refractivity contribution >= 4 is 18.1 Å². The topological polar surface area (TPSA) is 82.5 Å². The Bertz CT molecular complexity index is 1200. The van der Waals surface area contributed by atoms with Gasteiger partial charge in [0.2, 0.25) is 5.95 Å². The molecule has 3 aromatic rings. The van der Waals surface area contributed by atoms with Gasteiger partial charge in [-0.3, -0.25) is 5.32 Å². The molecule has 1 aromatic heterocycles. The van der Waals surface area contributed by atoms with Gasteiger partial charge < -0.3 is 9.47 Å². The number of rotatable bonds is 5. The van der Waals surface area contributed by atoms with Gasteiger partial charge in [0.1, 0.15) is 5.60 Å². The first-order valence-electron chi connectivity index (χ1n) is 11.2. The minimum absolute atomic E-state index is 0.0199. The summed E-state index contributed by atoms with van der Waals surface area (Å²) in [6, 6.07) is 17.1. The summed E-state index contributed by atoms with van der Waals surface area (Å²) in [6.07, 6.45) is 1.81. The van der Waals surface area contributed by atoms with Crippen LogP contribution in [0.5, 0.6) is 0 Å². The largest absolute Gasteiger partial charge is 0.449 e. The molecule has 0 saturated heterocycles. The van der Waals surface area contributed by atoms with Crippen LogP contribution in [0.4, 0.5) is 15.5 Å². The molecule has 0 radical (unpaired) electrons. The normalized spacial score (nSPS) is 10.7. The SMILES string of the molecule is CCCCOC(=O)Nc1ncc(-c2cccc(C#Cc3ccccc3)c2)n1C(=O)OC(C)(C)C. The van der Waals surface area contributed by atoms with Gasteiger partial charge in [-0.05, 0) is 51.5 Å². The highest BCUT2D eigenvalue weighted by Crippen LogP contribution is 2.26. The van der Waals surface area contributed by atoms with Crippen LogP contribution in [0.25, 0.3) is 11.3 Å². The van der Waals surface area contributed by atoms with Crippen LogP contribution in [0.1, 0.15) is 51.7 Å². The van der Waals surface area contributed by atoms with Gasteiger partial charge in [0.25, 0.3) is 0 Å². The molecule has 0 unspecified atom stereocenters. The molecule has 0 fully saturated rings. The van der Waals surface area contributed by atoms with Crippen molar-refractivity contribution in [1.29, 1.82) is 0 Å². The lowest BCUT2D eigenvalue weighted by Crippen LogP contribution is -2.29. The van der Waals surface area contributed by atoms with E-state index in [-0.39, 0.29) is 12.6 Å². The summed E-state index contributed by atoms with van der Waals surface area (Å²) in [6.45, 7) is 7.60. The van der Waals surface area contributed by atoms with Crippen molar-refractivity contribution in [2.45, 2.75) is 46.1 Å². The van der Waals surface area contributed by atoms with Crippen LogP contribution in [0, 0.1) is 11.8 Å². The summed E-state index contributed by atoms with van der Waals surface area (Å²) in [5.74, 6) is 6.29. The van der Waals surface area contributed by atoms with Crippen molar-refractivity contribution in [3.63, 3.8) is 0 Å². The zero-order valence-corrected chi connectivity index (χ0v) is 19.9. The Morgan fingerprint density at radius 2 is 1.74 bits per heavy atom. The zero-order valence-electron chi connectivity index (χ0n) is 19.9. The number of nitrogens with zero attached hydrogens (tertiary/aromatic N) is 2. The molecule has 0 spiro atoms. The highest BCUT2D eigenvalue weighted by atomic mass is 16.6. The van der Waals surface area contributed by atoms with Crippen LogP contribution >= 0.6 is 0 Å². The average molecular weight is 460 g/mol. The Labute approximate surface area is 200 Å². The Balaban J connectivity index is 1.94. The van der Waals surface area contributed by atoms with Gasteiger partial charge in [0.15, 0.2) is 0 Å². The number of imidazole rings is 1. The second kappa shape index (κ2) is 11.2. The van der Waals surface area contributed by atoms with Gasteiger partial charge in [-0.25, -0.2) is 19.1 Å². The number of benzene rings is 2. The minimum Gasteiger partial charge on any atom is -0.449 e. The van der Waals surface area contributed by atoms with E-state index in [1.165, 1.54) is 10.8 Å². The van der Waals surface area contributed by atoms with Crippen molar-refractivity contribution in [2.75, 3.05) is 11.9 Å². The van der Waals surface area contributed by atoms with Gasteiger partial charge in [0, 0.05) is 16.7 Å². The summed E-state index contributed by atoms with van der Waals surface area (Å²) < 4.78 is 12.0. The van der Waals surface area contributed by atoms with E-state index in [1.807, 2.05) is 61.5 Å². The quantitative estimate of drug-likeness (QED) is 0.369. The van der Waals surface area contributed by atoms with Crippen LogP contribution < -0.4 is 5.32 Å². The van der Waals surface area contributed by atoms with Gasteiger partial charge in [0.05, 0.1) is 18.5 Å². The lowest BCUT2D eigenvalue weighted by atomic mass is 10.1. The smallest absolute Gasteiger partial charge is 0.421 e. The highest BCUT2D eigenvalue weighted by Gasteiger charge is 2.25. The number of hydrogen-bond donors (Lipinski definition) is 1.